The van der Waals surface area contributed by atoms with Crippen LogP contribution in [0.2, 0.25) is 0 Å². The molecule has 0 saturated heterocycles. The van der Waals surface area contributed by atoms with Crippen molar-refractivity contribution in [3.8, 4) is 11.5 Å². The van der Waals surface area contributed by atoms with E-state index in [2.05, 4.69) is 26.6 Å². The molecular formula is C29H28BrFN2O3. The molecule has 2 unspecified atom stereocenters. The maximum Gasteiger partial charge on any atom is 0.163 e. The molecule has 5 rings (SSSR count). The van der Waals surface area contributed by atoms with Crippen molar-refractivity contribution in [3.63, 3.8) is 0 Å². The van der Waals surface area contributed by atoms with Crippen LogP contribution < -0.4 is 20.1 Å². The number of nitrogens with one attached hydrogen (secondary N) is 2. The number of anilines is 2. The molecule has 0 bridgehead atoms. The van der Waals surface area contributed by atoms with Gasteiger partial charge in [-0.3, -0.25) is 4.79 Å². The number of para-hydroxylation sites is 2. The minimum Gasteiger partial charge on any atom is -0.493 e. The summed E-state index contributed by atoms with van der Waals surface area (Å²) in [5.41, 5.74) is 4.48. The van der Waals surface area contributed by atoms with Gasteiger partial charge in [-0.05, 0) is 74.2 Å². The molecule has 1 aliphatic heterocycles. The Labute approximate surface area is 218 Å². The van der Waals surface area contributed by atoms with Crippen LogP contribution in [0.4, 0.5) is 15.8 Å². The van der Waals surface area contributed by atoms with Crippen LogP contribution in [0.15, 0.2) is 76.4 Å². The van der Waals surface area contributed by atoms with E-state index in [1.165, 1.54) is 6.07 Å². The monoisotopic (exact) mass is 550 g/mol. The highest BCUT2D eigenvalue weighted by Gasteiger charge is 2.37. The van der Waals surface area contributed by atoms with E-state index in [-0.39, 0.29) is 23.6 Å². The molecule has 5 nitrogen and oxygen atoms in total. The van der Waals surface area contributed by atoms with Crippen LogP contribution in [-0.2, 0) is 4.79 Å². The Morgan fingerprint density at radius 1 is 1.00 bits per heavy atom. The summed E-state index contributed by atoms with van der Waals surface area (Å²) in [6, 6.07) is 17.8. The van der Waals surface area contributed by atoms with Gasteiger partial charge in [0.15, 0.2) is 17.3 Å². The summed E-state index contributed by atoms with van der Waals surface area (Å²) in [5.74, 6) is 0.892. The Hall–Kier alpha value is -3.32. The van der Waals surface area contributed by atoms with Crippen LogP contribution >= 0.6 is 15.9 Å². The molecular weight excluding hydrogens is 523 g/mol. The SMILES string of the molecule is COc1cc(C2CC(=O)C3=C(C2)Nc2ccccc2NC3c2cc(Br)ccc2F)ccc1OC(C)C. The van der Waals surface area contributed by atoms with Crippen LogP contribution in [0.5, 0.6) is 11.5 Å². The van der Waals surface area contributed by atoms with Gasteiger partial charge < -0.3 is 20.1 Å². The first-order chi connectivity index (χ1) is 17.3. The predicted octanol–water partition coefficient (Wildman–Crippen LogP) is 7.36. The fourth-order valence-electron chi connectivity index (χ4n) is 4.99. The first-order valence-corrected chi connectivity index (χ1v) is 12.8. The van der Waals surface area contributed by atoms with E-state index < -0.39 is 6.04 Å². The van der Waals surface area contributed by atoms with E-state index in [9.17, 15) is 4.79 Å². The van der Waals surface area contributed by atoms with Crippen molar-refractivity contribution in [1.29, 1.82) is 0 Å². The van der Waals surface area contributed by atoms with Crippen molar-refractivity contribution < 1.29 is 18.7 Å². The van der Waals surface area contributed by atoms with Gasteiger partial charge in [0.25, 0.3) is 0 Å². The molecule has 1 heterocycles. The lowest BCUT2D eigenvalue weighted by atomic mass is 9.78. The summed E-state index contributed by atoms with van der Waals surface area (Å²) in [4.78, 5) is 13.7. The van der Waals surface area contributed by atoms with E-state index in [0.717, 1.165) is 27.1 Å². The average Bonchev–Trinajstić information content (AvgIpc) is 3.02. The Kier molecular flexibility index (Phi) is 6.75. The topological polar surface area (TPSA) is 59.6 Å². The number of benzene rings is 3. The molecule has 0 spiro atoms. The zero-order valence-electron chi connectivity index (χ0n) is 20.4. The second-order valence-corrected chi connectivity index (χ2v) is 10.3. The van der Waals surface area contributed by atoms with Crippen LogP contribution in [-0.4, -0.2) is 19.0 Å². The number of rotatable bonds is 5. The number of methoxy groups -OCH3 is 1. The molecule has 0 fully saturated rings. The Morgan fingerprint density at radius 3 is 2.53 bits per heavy atom. The zero-order chi connectivity index (χ0) is 25.4. The molecule has 3 aromatic carbocycles. The maximum atomic E-state index is 15.1. The smallest absolute Gasteiger partial charge is 0.163 e. The number of Topliss-reactive ketones (excluding diaryl/α,β-unsaturated/α-hetero) is 1. The predicted molar refractivity (Wildman–Crippen MR) is 143 cm³/mol. The third-order valence-corrected chi connectivity index (χ3v) is 7.09. The van der Waals surface area contributed by atoms with Crippen LogP contribution in [0.3, 0.4) is 0 Å². The molecule has 3 aromatic rings. The van der Waals surface area contributed by atoms with Gasteiger partial charge in [0, 0.05) is 27.7 Å². The summed E-state index contributed by atoms with van der Waals surface area (Å²) in [5, 5.41) is 6.93. The van der Waals surface area contributed by atoms with Gasteiger partial charge in [0.05, 0.1) is 30.6 Å². The van der Waals surface area contributed by atoms with Crippen molar-refractivity contribution in [2.45, 2.75) is 44.8 Å². The normalized spacial score (nSPS) is 19.1. The van der Waals surface area contributed by atoms with E-state index >= 15 is 4.39 Å². The molecule has 0 aromatic heterocycles. The Bertz CT molecular complexity index is 1350. The third kappa shape index (κ3) is 4.72. The number of ketones is 1. The number of hydrogen-bond donors (Lipinski definition) is 2. The van der Waals surface area contributed by atoms with E-state index in [1.54, 1.807) is 19.2 Å². The number of halogens is 2. The first-order valence-electron chi connectivity index (χ1n) is 12.0. The van der Waals surface area contributed by atoms with E-state index in [0.29, 0.717) is 35.5 Å². The standard InChI is InChI=1S/C29H28BrFN2O3/c1-16(2)36-26-11-8-17(14-27(26)35-3)18-12-24-28(25(34)13-18)29(20-15-19(30)9-10-21(20)31)33-23-7-5-4-6-22(23)32-24/h4-11,14-16,18,29,32-33H,12-13H2,1-3H3. The highest BCUT2D eigenvalue weighted by Crippen LogP contribution is 2.45. The molecule has 2 aliphatic rings. The number of allylic oxidation sites excluding steroid dienone is 1. The summed E-state index contributed by atoms with van der Waals surface area (Å²) in [6.45, 7) is 3.94. The first kappa shape index (κ1) is 24.4. The van der Waals surface area contributed by atoms with Gasteiger partial charge in [-0.25, -0.2) is 4.39 Å². The van der Waals surface area contributed by atoms with Crippen molar-refractivity contribution >= 4 is 33.1 Å². The molecule has 1 aliphatic carbocycles. The minimum atomic E-state index is -0.613. The number of carbonyl (C=O) groups excluding carboxylic acids is 1. The van der Waals surface area contributed by atoms with Gasteiger partial charge in [0.1, 0.15) is 5.82 Å². The van der Waals surface area contributed by atoms with Gasteiger partial charge in [-0.15, -0.1) is 0 Å². The number of hydrogen-bond acceptors (Lipinski definition) is 5. The Morgan fingerprint density at radius 2 is 1.78 bits per heavy atom. The maximum absolute atomic E-state index is 15.1. The van der Waals surface area contributed by atoms with Gasteiger partial charge in [-0.2, -0.15) is 0 Å². The molecule has 36 heavy (non-hydrogen) atoms. The second-order valence-electron chi connectivity index (χ2n) is 9.41. The molecule has 0 saturated carbocycles. The highest BCUT2D eigenvalue weighted by molar-refractivity contribution is 9.10. The molecule has 2 atom stereocenters. The number of fused-ring (bicyclic) bond motifs is 1. The van der Waals surface area contributed by atoms with Crippen LogP contribution in [0, 0.1) is 5.82 Å². The Balaban J connectivity index is 1.57. The van der Waals surface area contributed by atoms with Gasteiger partial charge in [-0.1, -0.05) is 34.1 Å². The lowest BCUT2D eigenvalue weighted by Crippen LogP contribution is -2.27. The quantitative estimate of drug-likeness (QED) is 0.347. The van der Waals surface area contributed by atoms with Gasteiger partial charge >= 0.3 is 0 Å². The van der Waals surface area contributed by atoms with Crippen molar-refractivity contribution in [1.82, 2.24) is 0 Å². The van der Waals surface area contributed by atoms with Gasteiger partial charge in [0.2, 0.25) is 0 Å². The lowest BCUT2D eigenvalue weighted by Gasteiger charge is -2.30. The van der Waals surface area contributed by atoms with Crippen LogP contribution in [0.25, 0.3) is 0 Å². The average molecular weight is 551 g/mol. The fraction of sp³-hybridized carbons (Fsp3) is 0.276. The summed E-state index contributed by atoms with van der Waals surface area (Å²) in [6.07, 6.45) is 0.946. The lowest BCUT2D eigenvalue weighted by molar-refractivity contribution is -0.116. The third-order valence-electron chi connectivity index (χ3n) is 6.60. The van der Waals surface area contributed by atoms with Crippen molar-refractivity contribution in [2.75, 3.05) is 17.7 Å². The molecule has 0 radical (unpaired) electrons. The summed E-state index contributed by atoms with van der Waals surface area (Å²) in [7, 11) is 1.62. The molecule has 186 valence electrons. The van der Waals surface area contributed by atoms with Crippen LogP contribution in [0.1, 0.15) is 49.8 Å². The summed E-state index contributed by atoms with van der Waals surface area (Å²) < 4.78 is 27.3. The summed E-state index contributed by atoms with van der Waals surface area (Å²) >= 11 is 3.46. The number of ether oxygens (including phenoxy) is 2. The molecule has 0 amide bonds. The van der Waals surface area contributed by atoms with Crippen molar-refractivity contribution in [2.24, 2.45) is 0 Å². The van der Waals surface area contributed by atoms with Crippen molar-refractivity contribution in [3.05, 3.63) is 93.4 Å². The largest absolute Gasteiger partial charge is 0.493 e. The van der Waals surface area contributed by atoms with E-state index in [4.69, 9.17) is 9.47 Å². The minimum absolute atomic E-state index is 0.0140. The highest BCUT2D eigenvalue weighted by atomic mass is 79.9. The zero-order valence-corrected chi connectivity index (χ0v) is 22.0. The number of carbonyl (C=O) groups is 1. The van der Waals surface area contributed by atoms with E-state index in [1.807, 2.05) is 56.3 Å². The molecule has 2 N–H and O–H groups in total. The fourth-order valence-corrected chi connectivity index (χ4v) is 5.37. The molecule has 7 heteroatoms. The second kappa shape index (κ2) is 9.97.